The van der Waals surface area contributed by atoms with Crippen molar-refractivity contribution in [2.45, 2.75) is 38.8 Å². The number of aromatic nitrogens is 3. The largest absolute Gasteiger partial charge is 0.350 e. The molecule has 32 heavy (non-hydrogen) atoms. The highest BCUT2D eigenvalue weighted by atomic mass is 35.5. The number of nitrogens with zero attached hydrogens (tertiary/aromatic N) is 3. The molecule has 2 N–H and O–H groups in total. The van der Waals surface area contributed by atoms with Crippen LogP contribution in [0.1, 0.15) is 54.7 Å². The molecule has 9 heteroatoms. The number of benzene rings is 1. The Morgan fingerprint density at radius 3 is 2.66 bits per heavy atom. The van der Waals surface area contributed by atoms with Gasteiger partial charge in [-0.1, -0.05) is 43.6 Å². The van der Waals surface area contributed by atoms with E-state index in [0.29, 0.717) is 17.2 Å². The minimum absolute atomic E-state index is 0.0551. The number of carbonyl (C=O) groups is 1. The third kappa shape index (κ3) is 4.33. The lowest BCUT2D eigenvalue weighted by Gasteiger charge is -2.31. The van der Waals surface area contributed by atoms with Crippen LogP contribution in [-0.4, -0.2) is 45.0 Å². The van der Waals surface area contributed by atoms with Gasteiger partial charge in [-0.25, -0.2) is 9.78 Å². The molecule has 8 nitrogen and oxygen atoms in total. The Morgan fingerprint density at radius 1 is 1.28 bits per heavy atom. The third-order valence-electron chi connectivity index (χ3n) is 5.93. The highest BCUT2D eigenvalue weighted by Crippen LogP contribution is 2.34. The molecule has 0 bridgehead atoms. The smallest absolute Gasteiger partial charge is 0.330 e. The minimum Gasteiger partial charge on any atom is -0.350 e. The maximum absolute atomic E-state index is 12.9. The van der Waals surface area contributed by atoms with E-state index in [-0.39, 0.29) is 28.9 Å². The number of aromatic amines is 1. The van der Waals surface area contributed by atoms with E-state index in [1.165, 1.54) is 16.8 Å². The lowest BCUT2D eigenvalue weighted by atomic mass is 10.0. The molecule has 2 heterocycles. The lowest BCUT2D eigenvalue weighted by molar-refractivity contribution is 0.0934. The number of rotatable bonds is 8. The SMILES string of the molecule is CCN(CC)C(CNC(=O)c1cnc2c(c1)c(=O)[nH]c(=O)n2C1CC1)c1ccccc1Cl. The number of halogens is 1. The van der Waals surface area contributed by atoms with Crippen molar-refractivity contribution in [3.05, 3.63) is 73.5 Å². The summed E-state index contributed by atoms with van der Waals surface area (Å²) in [6, 6.07) is 9.07. The molecular weight excluding hydrogens is 430 g/mol. The number of carbonyl (C=O) groups excluding carboxylic acids is 1. The first-order valence-electron chi connectivity index (χ1n) is 10.9. The first-order valence-corrected chi connectivity index (χ1v) is 11.2. The van der Waals surface area contributed by atoms with Crippen LogP contribution in [0.5, 0.6) is 0 Å². The molecule has 1 saturated carbocycles. The van der Waals surface area contributed by atoms with Crippen LogP contribution >= 0.6 is 11.6 Å². The van der Waals surface area contributed by atoms with Crippen molar-refractivity contribution in [2.75, 3.05) is 19.6 Å². The Labute approximate surface area is 190 Å². The zero-order valence-electron chi connectivity index (χ0n) is 18.1. The van der Waals surface area contributed by atoms with Crippen LogP contribution < -0.4 is 16.6 Å². The van der Waals surface area contributed by atoms with Gasteiger partial charge in [0, 0.05) is 23.8 Å². The van der Waals surface area contributed by atoms with Gasteiger partial charge < -0.3 is 5.32 Å². The molecule has 1 atom stereocenters. The van der Waals surface area contributed by atoms with E-state index >= 15 is 0 Å². The van der Waals surface area contributed by atoms with E-state index in [4.69, 9.17) is 11.6 Å². The number of pyridine rings is 1. The van der Waals surface area contributed by atoms with Crippen LogP contribution in [0.25, 0.3) is 11.0 Å². The summed E-state index contributed by atoms with van der Waals surface area (Å²) in [7, 11) is 0. The Bertz CT molecular complexity index is 1260. The van der Waals surface area contributed by atoms with E-state index < -0.39 is 11.2 Å². The predicted molar refractivity (Wildman–Crippen MR) is 124 cm³/mol. The standard InChI is InChI=1S/C23H26ClN5O3/c1-3-28(4-2)19(16-7-5-6-8-18(16)24)13-26-21(30)14-11-17-20(25-12-14)29(15-9-10-15)23(32)27-22(17)31/h5-8,11-12,15,19H,3-4,9-10,13H2,1-2H3,(H,26,30)(H,27,31,32). The van der Waals surface area contributed by atoms with Crippen molar-refractivity contribution in [2.24, 2.45) is 0 Å². The fourth-order valence-corrected chi connectivity index (χ4v) is 4.33. The lowest BCUT2D eigenvalue weighted by Crippen LogP contribution is -2.38. The monoisotopic (exact) mass is 455 g/mol. The Morgan fingerprint density at radius 2 is 2.00 bits per heavy atom. The molecule has 1 aliphatic rings. The van der Waals surface area contributed by atoms with Gasteiger partial charge in [-0.05, 0) is 43.6 Å². The summed E-state index contributed by atoms with van der Waals surface area (Å²) in [4.78, 5) is 46.3. The summed E-state index contributed by atoms with van der Waals surface area (Å²) in [5.74, 6) is -0.341. The second-order valence-electron chi connectivity index (χ2n) is 7.92. The molecule has 1 aliphatic carbocycles. The fraction of sp³-hybridized carbons (Fsp3) is 0.391. The third-order valence-corrected chi connectivity index (χ3v) is 6.27. The summed E-state index contributed by atoms with van der Waals surface area (Å²) in [5.41, 5.74) is 0.522. The predicted octanol–water partition coefficient (Wildman–Crippen LogP) is 2.89. The van der Waals surface area contributed by atoms with Crippen LogP contribution in [-0.2, 0) is 0 Å². The summed E-state index contributed by atoms with van der Waals surface area (Å²) in [6.07, 6.45) is 3.16. The van der Waals surface area contributed by atoms with E-state index in [0.717, 1.165) is 31.5 Å². The van der Waals surface area contributed by atoms with Crippen LogP contribution in [0.15, 0.2) is 46.1 Å². The number of hydrogen-bond donors (Lipinski definition) is 2. The highest BCUT2D eigenvalue weighted by Gasteiger charge is 2.28. The van der Waals surface area contributed by atoms with E-state index in [1.807, 2.05) is 24.3 Å². The maximum atomic E-state index is 12.9. The van der Waals surface area contributed by atoms with Crippen molar-refractivity contribution in [1.82, 2.24) is 24.8 Å². The molecule has 0 saturated heterocycles. The molecule has 0 radical (unpaired) electrons. The molecular formula is C23H26ClN5O3. The van der Waals surface area contributed by atoms with Gasteiger partial charge in [-0.2, -0.15) is 0 Å². The van der Waals surface area contributed by atoms with Crippen molar-refractivity contribution < 1.29 is 4.79 Å². The van der Waals surface area contributed by atoms with Crippen molar-refractivity contribution in [1.29, 1.82) is 0 Å². The first-order chi connectivity index (χ1) is 15.4. The van der Waals surface area contributed by atoms with Gasteiger partial charge in [-0.15, -0.1) is 0 Å². The second kappa shape index (κ2) is 9.26. The van der Waals surface area contributed by atoms with Crippen LogP contribution in [0.4, 0.5) is 0 Å². The average molecular weight is 456 g/mol. The molecule has 0 spiro atoms. The van der Waals surface area contributed by atoms with Gasteiger partial charge >= 0.3 is 5.69 Å². The normalized spacial score (nSPS) is 14.6. The number of nitrogens with one attached hydrogen (secondary N) is 2. The minimum atomic E-state index is -0.541. The summed E-state index contributed by atoms with van der Waals surface area (Å²) in [5, 5.41) is 3.84. The molecule has 1 fully saturated rings. The molecule has 0 aliphatic heterocycles. The Hall–Kier alpha value is -2.97. The fourth-order valence-electron chi connectivity index (χ4n) is 4.07. The number of amides is 1. The second-order valence-corrected chi connectivity index (χ2v) is 8.33. The number of likely N-dealkylation sites (N-methyl/N-ethyl adjacent to an activating group) is 1. The summed E-state index contributed by atoms with van der Waals surface area (Å²) >= 11 is 6.43. The quantitative estimate of drug-likeness (QED) is 0.544. The molecule has 3 aromatic rings. The number of fused-ring (bicyclic) bond motifs is 1. The Balaban J connectivity index is 1.61. The zero-order valence-corrected chi connectivity index (χ0v) is 18.9. The van der Waals surface area contributed by atoms with Gasteiger partial charge in [0.1, 0.15) is 5.65 Å². The van der Waals surface area contributed by atoms with Crippen LogP contribution in [0.3, 0.4) is 0 Å². The zero-order chi connectivity index (χ0) is 22.8. The molecule has 1 unspecified atom stereocenters. The molecule has 1 amide bonds. The molecule has 4 rings (SSSR count). The van der Waals surface area contributed by atoms with Gasteiger partial charge in [-0.3, -0.25) is 24.0 Å². The number of H-pyrrole nitrogens is 1. The summed E-state index contributed by atoms with van der Waals surface area (Å²) in [6.45, 7) is 6.07. The van der Waals surface area contributed by atoms with Crippen LogP contribution in [0, 0.1) is 0 Å². The van der Waals surface area contributed by atoms with Crippen molar-refractivity contribution in [3.8, 4) is 0 Å². The molecule has 1 aromatic carbocycles. The topological polar surface area (TPSA) is 100 Å². The molecule has 2 aromatic heterocycles. The van der Waals surface area contributed by atoms with E-state index in [9.17, 15) is 14.4 Å². The van der Waals surface area contributed by atoms with E-state index in [2.05, 4.69) is 34.0 Å². The van der Waals surface area contributed by atoms with E-state index in [1.54, 1.807) is 0 Å². The number of hydrogen-bond acceptors (Lipinski definition) is 5. The van der Waals surface area contributed by atoms with Crippen molar-refractivity contribution >= 4 is 28.5 Å². The van der Waals surface area contributed by atoms with Gasteiger partial charge in [0.2, 0.25) is 0 Å². The molecule has 168 valence electrons. The van der Waals surface area contributed by atoms with Gasteiger partial charge in [0.05, 0.1) is 17.0 Å². The first kappa shape index (κ1) is 22.2. The van der Waals surface area contributed by atoms with Gasteiger partial charge in [0.25, 0.3) is 11.5 Å². The maximum Gasteiger partial charge on any atom is 0.330 e. The Kier molecular flexibility index (Phi) is 6.43. The highest BCUT2D eigenvalue weighted by molar-refractivity contribution is 6.31. The summed E-state index contributed by atoms with van der Waals surface area (Å²) < 4.78 is 1.51. The average Bonchev–Trinajstić information content (AvgIpc) is 3.62. The van der Waals surface area contributed by atoms with Crippen molar-refractivity contribution in [3.63, 3.8) is 0 Å². The van der Waals surface area contributed by atoms with Crippen LogP contribution in [0.2, 0.25) is 5.02 Å². The van der Waals surface area contributed by atoms with Gasteiger partial charge in [0.15, 0.2) is 0 Å².